The highest BCUT2D eigenvalue weighted by atomic mass is 16.3. The van der Waals surface area contributed by atoms with Crippen molar-refractivity contribution in [3.05, 3.63) is 77.1 Å². The Morgan fingerprint density at radius 3 is 2.14 bits per heavy atom. The van der Waals surface area contributed by atoms with Crippen molar-refractivity contribution in [3.63, 3.8) is 0 Å². The molecule has 29 heavy (non-hydrogen) atoms. The zero-order valence-corrected chi connectivity index (χ0v) is 17.8. The van der Waals surface area contributed by atoms with Crippen LogP contribution < -0.4 is 4.90 Å². The van der Waals surface area contributed by atoms with Crippen molar-refractivity contribution in [2.45, 2.75) is 52.5 Å². The van der Waals surface area contributed by atoms with Gasteiger partial charge < -0.3 is 5.11 Å². The summed E-state index contributed by atoms with van der Waals surface area (Å²) < 4.78 is 0. The van der Waals surface area contributed by atoms with Gasteiger partial charge in [-0.05, 0) is 34.6 Å². The van der Waals surface area contributed by atoms with Crippen molar-refractivity contribution in [2.24, 2.45) is 5.92 Å². The fourth-order valence-electron chi connectivity index (χ4n) is 3.71. The van der Waals surface area contributed by atoms with Crippen molar-refractivity contribution in [1.29, 1.82) is 0 Å². The Morgan fingerprint density at radius 2 is 1.62 bits per heavy atom. The lowest BCUT2D eigenvalue weighted by Crippen LogP contribution is -2.31. The third-order valence-electron chi connectivity index (χ3n) is 5.23. The lowest BCUT2D eigenvalue weighted by molar-refractivity contribution is -0.118. The summed E-state index contributed by atoms with van der Waals surface area (Å²) in [5.41, 5.74) is 2.82. The topological polar surface area (TPSA) is 57.6 Å². The summed E-state index contributed by atoms with van der Waals surface area (Å²) in [5, 5.41) is 10.7. The van der Waals surface area contributed by atoms with Crippen LogP contribution in [0.5, 0.6) is 0 Å². The molecule has 0 aromatic heterocycles. The van der Waals surface area contributed by atoms with Gasteiger partial charge in [0.05, 0.1) is 11.6 Å². The molecule has 1 heterocycles. The van der Waals surface area contributed by atoms with Crippen LogP contribution in [0.25, 0.3) is 0 Å². The number of carbonyl (C=O) groups is 2. The van der Waals surface area contributed by atoms with Gasteiger partial charge in [-0.2, -0.15) is 0 Å². The lowest BCUT2D eigenvalue weighted by Gasteiger charge is -2.28. The summed E-state index contributed by atoms with van der Waals surface area (Å²) in [4.78, 5) is 27.5. The number of anilines is 1. The van der Waals surface area contributed by atoms with Crippen molar-refractivity contribution in [1.82, 2.24) is 0 Å². The Bertz CT molecular complexity index is 934. The van der Waals surface area contributed by atoms with Gasteiger partial charge in [0.1, 0.15) is 0 Å². The molecule has 1 atom stereocenters. The highest BCUT2D eigenvalue weighted by Crippen LogP contribution is 2.42. The average Bonchev–Trinajstić information content (AvgIpc) is 2.92. The van der Waals surface area contributed by atoms with E-state index in [1.807, 2.05) is 68.4 Å². The van der Waals surface area contributed by atoms with Crippen LogP contribution in [0.2, 0.25) is 0 Å². The summed E-state index contributed by atoms with van der Waals surface area (Å²) in [5.74, 6) is -1.03. The van der Waals surface area contributed by atoms with Gasteiger partial charge in [0.2, 0.25) is 0 Å². The summed E-state index contributed by atoms with van der Waals surface area (Å²) in [6.45, 7) is 10.3. The predicted molar refractivity (Wildman–Crippen MR) is 116 cm³/mol. The van der Waals surface area contributed by atoms with Gasteiger partial charge in [0.25, 0.3) is 5.91 Å². The number of carbonyl (C=O) groups excluding carboxylic acids is 2. The first kappa shape index (κ1) is 20.8. The quantitative estimate of drug-likeness (QED) is 0.732. The second-order valence-corrected chi connectivity index (χ2v) is 9.07. The number of Topliss-reactive ketones (excluding diaryl/α,β-unsaturated/α-hetero) is 1. The zero-order chi connectivity index (χ0) is 21.3. The minimum absolute atomic E-state index is 0.00257. The number of hydrogen-bond donors (Lipinski definition) is 1. The largest absolute Gasteiger partial charge is 0.503 e. The third-order valence-corrected chi connectivity index (χ3v) is 5.23. The molecular formula is C25H29NO3. The first-order chi connectivity index (χ1) is 13.6. The standard InChI is InChI=1S/C25H29NO3/c1-16(2)15-20(27)21-22(17-11-13-18(14-12-17)25(3,4)5)26(24(29)23(21)28)19-9-7-6-8-10-19/h6-14,16,22,28H,15H2,1-5H3. The number of aliphatic hydroxyl groups excluding tert-OH is 1. The van der Waals surface area contributed by atoms with Gasteiger partial charge in [0.15, 0.2) is 11.5 Å². The zero-order valence-electron chi connectivity index (χ0n) is 17.8. The van der Waals surface area contributed by atoms with E-state index < -0.39 is 17.7 Å². The van der Waals surface area contributed by atoms with Crippen LogP contribution in [-0.4, -0.2) is 16.8 Å². The van der Waals surface area contributed by atoms with Gasteiger partial charge in [-0.25, -0.2) is 0 Å². The van der Waals surface area contributed by atoms with Crippen molar-refractivity contribution in [2.75, 3.05) is 4.90 Å². The average molecular weight is 392 g/mol. The number of aliphatic hydroxyl groups is 1. The maximum atomic E-state index is 13.0. The molecule has 0 bridgehead atoms. The highest BCUT2D eigenvalue weighted by molar-refractivity contribution is 6.16. The minimum Gasteiger partial charge on any atom is -0.503 e. The summed E-state index contributed by atoms with van der Waals surface area (Å²) in [6.07, 6.45) is 0.284. The number of hydrogen-bond acceptors (Lipinski definition) is 3. The fraction of sp³-hybridized carbons (Fsp3) is 0.360. The third kappa shape index (κ3) is 4.12. The second kappa shape index (κ2) is 7.86. The van der Waals surface area contributed by atoms with Crippen LogP contribution in [0.3, 0.4) is 0 Å². The number of ketones is 1. The van der Waals surface area contributed by atoms with Crippen LogP contribution in [-0.2, 0) is 15.0 Å². The van der Waals surface area contributed by atoms with E-state index in [0.29, 0.717) is 5.69 Å². The molecule has 2 aromatic carbocycles. The SMILES string of the molecule is CC(C)CC(=O)C1=C(O)C(=O)N(c2ccccc2)C1c1ccc(C(C)(C)C)cc1. The van der Waals surface area contributed by atoms with Gasteiger partial charge in [0, 0.05) is 12.1 Å². The number of para-hydroxylation sites is 1. The van der Waals surface area contributed by atoms with Crippen LogP contribution in [0.1, 0.15) is 58.2 Å². The van der Waals surface area contributed by atoms with E-state index in [2.05, 4.69) is 20.8 Å². The fourth-order valence-corrected chi connectivity index (χ4v) is 3.71. The number of amides is 1. The molecule has 1 aliphatic heterocycles. The van der Waals surface area contributed by atoms with E-state index in [4.69, 9.17) is 0 Å². The smallest absolute Gasteiger partial charge is 0.294 e. The van der Waals surface area contributed by atoms with E-state index in [9.17, 15) is 14.7 Å². The van der Waals surface area contributed by atoms with Crippen molar-refractivity contribution < 1.29 is 14.7 Å². The Morgan fingerprint density at radius 1 is 1.03 bits per heavy atom. The Labute approximate surface area is 172 Å². The molecule has 0 radical (unpaired) electrons. The summed E-state index contributed by atoms with van der Waals surface area (Å²) in [6, 6.07) is 16.5. The first-order valence-electron chi connectivity index (χ1n) is 10.1. The van der Waals surface area contributed by atoms with Crippen LogP contribution in [0.4, 0.5) is 5.69 Å². The molecule has 4 nitrogen and oxygen atoms in total. The Kier molecular flexibility index (Phi) is 5.65. The van der Waals surface area contributed by atoms with Crippen LogP contribution >= 0.6 is 0 Å². The molecule has 3 rings (SSSR count). The number of nitrogens with zero attached hydrogens (tertiary/aromatic N) is 1. The van der Waals surface area contributed by atoms with Gasteiger partial charge >= 0.3 is 0 Å². The molecule has 4 heteroatoms. The van der Waals surface area contributed by atoms with E-state index in [1.165, 1.54) is 10.5 Å². The molecule has 152 valence electrons. The molecule has 0 saturated carbocycles. The maximum absolute atomic E-state index is 13.0. The predicted octanol–water partition coefficient (Wildman–Crippen LogP) is 5.50. The molecule has 0 spiro atoms. The lowest BCUT2D eigenvalue weighted by atomic mass is 9.85. The Hall–Kier alpha value is -2.88. The molecule has 0 fully saturated rings. The highest BCUT2D eigenvalue weighted by Gasteiger charge is 2.44. The molecule has 1 unspecified atom stereocenters. The van der Waals surface area contributed by atoms with E-state index >= 15 is 0 Å². The molecular weight excluding hydrogens is 362 g/mol. The molecule has 0 aliphatic carbocycles. The van der Waals surface area contributed by atoms with Gasteiger partial charge in [-0.1, -0.05) is 77.1 Å². The van der Waals surface area contributed by atoms with Crippen molar-refractivity contribution in [3.8, 4) is 0 Å². The molecule has 0 saturated heterocycles. The van der Waals surface area contributed by atoms with Crippen LogP contribution in [0.15, 0.2) is 65.9 Å². The van der Waals surface area contributed by atoms with Gasteiger partial charge in [-0.15, -0.1) is 0 Å². The van der Waals surface area contributed by atoms with Crippen molar-refractivity contribution >= 4 is 17.4 Å². The second-order valence-electron chi connectivity index (χ2n) is 9.07. The van der Waals surface area contributed by atoms with E-state index in [1.54, 1.807) is 0 Å². The molecule has 1 N–H and O–H groups in total. The van der Waals surface area contributed by atoms with Gasteiger partial charge in [-0.3, -0.25) is 14.5 Å². The summed E-state index contributed by atoms with van der Waals surface area (Å²) >= 11 is 0. The molecule has 1 aliphatic rings. The summed E-state index contributed by atoms with van der Waals surface area (Å²) in [7, 11) is 0. The molecule has 2 aromatic rings. The number of benzene rings is 2. The van der Waals surface area contributed by atoms with E-state index in [0.717, 1.165) is 5.56 Å². The molecule has 1 amide bonds. The monoisotopic (exact) mass is 391 g/mol. The number of rotatable bonds is 5. The normalized spacial score (nSPS) is 17.4. The maximum Gasteiger partial charge on any atom is 0.294 e. The Balaban J connectivity index is 2.12. The van der Waals surface area contributed by atoms with Crippen LogP contribution in [0, 0.1) is 5.92 Å². The minimum atomic E-state index is -0.634. The first-order valence-corrected chi connectivity index (χ1v) is 10.1. The van der Waals surface area contributed by atoms with E-state index in [-0.39, 0.29) is 29.1 Å².